The van der Waals surface area contributed by atoms with Crippen molar-refractivity contribution in [2.24, 2.45) is 11.8 Å². The lowest BCUT2D eigenvalue weighted by Gasteiger charge is -2.30. The zero-order valence-electron chi connectivity index (χ0n) is 17.6. The van der Waals surface area contributed by atoms with Crippen molar-refractivity contribution < 1.29 is 13.2 Å². The van der Waals surface area contributed by atoms with Gasteiger partial charge in [0.15, 0.2) is 0 Å². The Kier molecular flexibility index (Phi) is 7.21. The molecule has 9 heteroatoms. The molecule has 0 radical (unpaired) electrons. The molecule has 1 aromatic heterocycles. The summed E-state index contributed by atoms with van der Waals surface area (Å²) in [4.78, 5) is 12.8. The van der Waals surface area contributed by atoms with E-state index in [0.717, 1.165) is 17.9 Å². The van der Waals surface area contributed by atoms with Crippen LogP contribution in [0.4, 0.5) is 0 Å². The third kappa shape index (κ3) is 5.42. The minimum atomic E-state index is -3.56. The van der Waals surface area contributed by atoms with Crippen molar-refractivity contribution in [2.75, 3.05) is 19.6 Å². The van der Waals surface area contributed by atoms with E-state index in [9.17, 15) is 13.2 Å². The van der Waals surface area contributed by atoms with Crippen LogP contribution >= 0.6 is 11.6 Å². The monoisotopic (exact) mass is 452 g/mol. The molecule has 0 bridgehead atoms. The van der Waals surface area contributed by atoms with Gasteiger partial charge in [-0.2, -0.15) is 9.40 Å². The molecule has 1 saturated heterocycles. The standard InChI is InChI=1S/C21H29ClN4O3S/c1-15(14-26-17(3)12-16(2)24-26)13-23-21(27)18-8-10-25(11-9-18)30(28,29)20-6-4-19(22)5-7-20/h4-7,12,15,18H,8-11,13-14H2,1-3H3,(H,23,27). The minimum Gasteiger partial charge on any atom is -0.356 e. The fourth-order valence-electron chi connectivity index (χ4n) is 3.75. The van der Waals surface area contributed by atoms with Crippen LogP contribution in [0.5, 0.6) is 0 Å². The molecule has 2 heterocycles. The highest BCUT2D eigenvalue weighted by Crippen LogP contribution is 2.25. The van der Waals surface area contributed by atoms with E-state index in [1.807, 2.05) is 24.6 Å². The van der Waals surface area contributed by atoms with Crippen LogP contribution in [0.1, 0.15) is 31.2 Å². The molecule has 1 unspecified atom stereocenters. The quantitative estimate of drug-likeness (QED) is 0.699. The fourth-order valence-corrected chi connectivity index (χ4v) is 5.35. The summed E-state index contributed by atoms with van der Waals surface area (Å²) in [6, 6.07) is 8.21. The SMILES string of the molecule is Cc1cc(C)n(CC(C)CNC(=O)C2CCN(S(=O)(=O)c3ccc(Cl)cc3)CC2)n1. The van der Waals surface area contributed by atoms with Crippen molar-refractivity contribution in [3.05, 3.63) is 46.7 Å². The van der Waals surface area contributed by atoms with Crippen LogP contribution in [0.15, 0.2) is 35.2 Å². The second-order valence-electron chi connectivity index (χ2n) is 8.09. The maximum Gasteiger partial charge on any atom is 0.243 e. The van der Waals surface area contributed by atoms with E-state index >= 15 is 0 Å². The molecule has 0 saturated carbocycles. The average Bonchev–Trinajstić information content (AvgIpc) is 3.03. The third-order valence-electron chi connectivity index (χ3n) is 5.49. The van der Waals surface area contributed by atoms with Crippen LogP contribution < -0.4 is 5.32 Å². The number of aryl methyl sites for hydroxylation is 2. The van der Waals surface area contributed by atoms with Crippen LogP contribution in [0.3, 0.4) is 0 Å². The molecule has 30 heavy (non-hydrogen) atoms. The molecule has 0 aliphatic carbocycles. The number of piperidine rings is 1. The van der Waals surface area contributed by atoms with E-state index in [1.165, 1.54) is 16.4 Å². The maximum atomic E-state index is 12.8. The summed E-state index contributed by atoms with van der Waals surface area (Å²) in [5.74, 6) is 0.0821. The van der Waals surface area contributed by atoms with Crippen molar-refractivity contribution in [2.45, 2.75) is 45.1 Å². The molecule has 164 valence electrons. The lowest BCUT2D eigenvalue weighted by molar-refractivity contribution is -0.126. The van der Waals surface area contributed by atoms with E-state index < -0.39 is 10.0 Å². The van der Waals surface area contributed by atoms with Crippen LogP contribution in [-0.2, 0) is 21.4 Å². The van der Waals surface area contributed by atoms with Gasteiger partial charge < -0.3 is 5.32 Å². The molecule has 1 fully saturated rings. The summed E-state index contributed by atoms with van der Waals surface area (Å²) in [7, 11) is -3.56. The summed E-state index contributed by atoms with van der Waals surface area (Å²) in [5.41, 5.74) is 2.10. The fraction of sp³-hybridized carbons (Fsp3) is 0.524. The van der Waals surface area contributed by atoms with Crippen LogP contribution in [-0.4, -0.2) is 48.0 Å². The maximum absolute atomic E-state index is 12.8. The first-order valence-corrected chi connectivity index (χ1v) is 12.0. The minimum absolute atomic E-state index is 0.00115. The van der Waals surface area contributed by atoms with Gasteiger partial charge in [0.1, 0.15) is 0 Å². The molecule has 1 N–H and O–H groups in total. The van der Waals surface area contributed by atoms with Crippen LogP contribution in [0.25, 0.3) is 0 Å². The number of carbonyl (C=O) groups is 1. The molecule has 1 aliphatic heterocycles. The summed E-state index contributed by atoms with van der Waals surface area (Å²) >= 11 is 5.85. The number of halogens is 1. The number of amides is 1. The van der Waals surface area contributed by atoms with Gasteiger partial charge in [-0.3, -0.25) is 9.48 Å². The normalized spacial score (nSPS) is 17.1. The molecular weight excluding hydrogens is 424 g/mol. The number of hydrogen-bond donors (Lipinski definition) is 1. The Labute approximate surface area is 183 Å². The van der Waals surface area contributed by atoms with Crippen molar-refractivity contribution in [1.29, 1.82) is 0 Å². The number of nitrogens with one attached hydrogen (secondary N) is 1. The first kappa shape index (κ1) is 22.8. The molecular formula is C21H29ClN4O3S. The number of aromatic nitrogens is 2. The molecule has 7 nitrogen and oxygen atoms in total. The number of nitrogens with zero attached hydrogens (tertiary/aromatic N) is 3. The second kappa shape index (κ2) is 9.49. The topological polar surface area (TPSA) is 84.3 Å². The van der Waals surface area contributed by atoms with Crippen molar-refractivity contribution in [3.63, 3.8) is 0 Å². The molecule has 1 aliphatic rings. The Bertz CT molecular complexity index is 980. The van der Waals surface area contributed by atoms with E-state index in [2.05, 4.69) is 17.3 Å². The van der Waals surface area contributed by atoms with Gasteiger partial charge >= 0.3 is 0 Å². The zero-order chi connectivity index (χ0) is 21.9. The highest BCUT2D eigenvalue weighted by molar-refractivity contribution is 7.89. The first-order valence-electron chi connectivity index (χ1n) is 10.2. The Morgan fingerprint density at radius 2 is 1.87 bits per heavy atom. The molecule has 3 rings (SSSR count). The van der Waals surface area contributed by atoms with Gasteiger partial charge in [0.25, 0.3) is 0 Å². The smallest absolute Gasteiger partial charge is 0.243 e. The first-order chi connectivity index (χ1) is 14.2. The summed E-state index contributed by atoms with van der Waals surface area (Å²) < 4.78 is 28.9. The number of benzene rings is 1. The van der Waals surface area contributed by atoms with Gasteiger partial charge in [-0.25, -0.2) is 8.42 Å². The van der Waals surface area contributed by atoms with Gasteiger partial charge in [0.05, 0.1) is 10.6 Å². The van der Waals surface area contributed by atoms with Gasteiger partial charge in [0.2, 0.25) is 15.9 Å². The van der Waals surface area contributed by atoms with Gasteiger partial charge in [0, 0.05) is 42.8 Å². The Morgan fingerprint density at radius 3 is 2.43 bits per heavy atom. The molecule has 1 aromatic carbocycles. The zero-order valence-corrected chi connectivity index (χ0v) is 19.2. The summed E-state index contributed by atoms with van der Waals surface area (Å²) in [6.45, 7) is 8.07. The third-order valence-corrected chi connectivity index (χ3v) is 7.65. The Hall–Kier alpha value is -1.90. The van der Waals surface area contributed by atoms with Gasteiger partial charge in [-0.1, -0.05) is 18.5 Å². The highest BCUT2D eigenvalue weighted by atomic mass is 35.5. The molecule has 0 spiro atoms. The van der Waals surface area contributed by atoms with Crippen molar-refractivity contribution >= 4 is 27.5 Å². The lowest BCUT2D eigenvalue weighted by Crippen LogP contribution is -2.43. The average molecular weight is 453 g/mol. The number of rotatable bonds is 7. The highest BCUT2D eigenvalue weighted by Gasteiger charge is 2.32. The van der Waals surface area contributed by atoms with E-state index in [-0.39, 0.29) is 22.6 Å². The van der Waals surface area contributed by atoms with Crippen molar-refractivity contribution in [3.8, 4) is 0 Å². The molecule has 1 amide bonds. The molecule has 1 atom stereocenters. The van der Waals surface area contributed by atoms with Gasteiger partial charge in [-0.05, 0) is 62.9 Å². The summed E-state index contributed by atoms with van der Waals surface area (Å²) in [5, 5.41) is 7.99. The molecule has 2 aromatic rings. The van der Waals surface area contributed by atoms with Crippen LogP contribution in [0.2, 0.25) is 5.02 Å². The number of carbonyl (C=O) groups excluding carboxylic acids is 1. The Balaban J connectivity index is 1.48. The van der Waals surface area contributed by atoms with Gasteiger partial charge in [-0.15, -0.1) is 0 Å². The predicted octanol–water partition coefficient (Wildman–Crippen LogP) is 3.01. The van der Waals surface area contributed by atoms with E-state index in [4.69, 9.17) is 11.6 Å². The number of sulfonamides is 1. The van der Waals surface area contributed by atoms with E-state index in [1.54, 1.807) is 12.1 Å². The predicted molar refractivity (Wildman–Crippen MR) is 117 cm³/mol. The second-order valence-corrected chi connectivity index (χ2v) is 10.5. The van der Waals surface area contributed by atoms with Crippen LogP contribution in [0, 0.1) is 25.7 Å². The largest absolute Gasteiger partial charge is 0.356 e. The number of hydrogen-bond acceptors (Lipinski definition) is 4. The van der Waals surface area contributed by atoms with E-state index in [0.29, 0.717) is 37.5 Å². The summed E-state index contributed by atoms with van der Waals surface area (Å²) in [6.07, 6.45) is 1.04. The lowest BCUT2D eigenvalue weighted by atomic mass is 9.97. The van der Waals surface area contributed by atoms with Crippen molar-refractivity contribution in [1.82, 2.24) is 19.4 Å². The Morgan fingerprint density at radius 1 is 1.23 bits per heavy atom.